The van der Waals surface area contributed by atoms with Crippen LogP contribution in [-0.2, 0) is 11.3 Å². The molecule has 0 atom stereocenters. The van der Waals surface area contributed by atoms with Crippen LogP contribution in [0.25, 0.3) is 5.65 Å². The van der Waals surface area contributed by atoms with Crippen LogP contribution in [-0.4, -0.2) is 22.0 Å². The highest BCUT2D eigenvalue weighted by Gasteiger charge is 2.20. The van der Waals surface area contributed by atoms with Gasteiger partial charge in [-0.3, -0.25) is 4.40 Å². The van der Waals surface area contributed by atoms with Crippen LogP contribution < -0.4 is 5.32 Å². The predicted octanol–water partition coefficient (Wildman–Crippen LogP) is 4.36. The average Bonchev–Trinajstić information content (AvgIpc) is 2.90. The number of esters is 1. The van der Waals surface area contributed by atoms with Gasteiger partial charge in [-0.25, -0.2) is 9.78 Å². The van der Waals surface area contributed by atoms with E-state index in [1.807, 2.05) is 24.4 Å². The monoisotopic (exact) mass is 351 g/mol. The Balaban J connectivity index is 2.01. The highest BCUT2D eigenvalue weighted by molar-refractivity contribution is 5.91. The number of rotatable bonds is 5. The molecule has 1 aromatic carbocycles. The minimum atomic E-state index is -0.344. The number of nitrogens with zero attached hydrogens (tertiary/aromatic N) is 2. The molecule has 0 saturated heterocycles. The van der Waals surface area contributed by atoms with Gasteiger partial charge in [-0.15, -0.1) is 0 Å². The summed E-state index contributed by atoms with van der Waals surface area (Å²) in [7, 11) is 0. The quantitative estimate of drug-likeness (QED) is 0.694. The number of fused-ring (bicyclic) bond motifs is 1. The lowest BCUT2D eigenvalue weighted by molar-refractivity contribution is 0.0517. The zero-order valence-corrected chi connectivity index (χ0v) is 16.0. The fraction of sp³-hybridized carbons (Fsp3) is 0.333. The summed E-state index contributed by atoms with van der Waals surface area (Å²) in [4.78, 5) is 16.9. The molecule has 0 spiro atoms. The fourth-order valence-corrected chi connectivity index (χ4v) is 3.28. The van der Waals surface area contributed by atoms with E-state index in [2.05, 4.69) is 48.4 Å². The van der Waals surface area contributed by atoms with Gasteiger partial charge in [-0.2, -0.15) is 0 Å². The first kappa shape index (κ1) is 18.0. The van der Waals surface area contributed by atoms with E-state index in [0.717, 1.165) is 16.9 Å². The number of aryl methyl sites for hydroxylation is 4. The van der Waals surface area contributed by atoms with Gasteiger partial charge in [0.1, 0.15) is 0 Å². The number of pyridine rings is 1. The van der Waals surface area contributed by atoms with E-state index in [9.17, 15) is 4.79 Å². The number of imidazole rings is 1. The first-order valence-corrected chi connectivity index (χ1v) is 8.87. The number of nitrogens with one attached hydrogen (secondary N) is 1. The van der Waals surface area contributed by atoms with E-state index in [-0.39, 0.29) is 5.97 Å². The molecule has 0 amide bonds. The molecule has 0 saturated carbocycles. The molecule has 1 N–H and O–H groups in total. The van der Waals surface area contributed by atoms with Crippen LogP contribution in [0.1, 0.15) is 45.4 Å². The van der Waals surface area contributed by atoms with Crippen molar-refractivity contribution in [1.29, 1.82) is 0 Å². The molecule has 0 aliphatic rings. The summed E-state index contributed by atoms with van der Waals surface area (Å²) in [5, 5.41) is 3.50. The van der Waals surface area contributed by atoms with Crippen LogP contribution >= 0.6 is 0 Å². The minimum Gasteiger partial charge on any atom is -0.461 e. The van der Waals surface area contributed by atoms with Crippen molar-refractivity contribution in [2.75, 3.05) is 11.9 Å². The molecule has 0 bridgehead atoms. The average molecular weight is 351 g/mol. The van der Waals surface area contributed by atoms with Crippen molar-refractivity contribution in [3.63, 3.8) is 0 Å². The Hall–Kier alpha value is -2.82. The zero-order valence-electron chi connectivity index (χ0n) is 16.0. The Morgan fingerprint density at radius 2 is 1.88 bits per heavy atom. The SMILES string of the molecule is CCOC(=O)c1c(C)nc2c(NCc3c(C)cccc3C)cc(C)cn12. The normalized spacial score (nSPS) is 11.0. The van der Waals surface area contributed by atoms with Crippen molar-refractivity contribution in [2.24, 2.45) is 0 Å². The van der Waals surface area contributed by atoms with E-state index in [0.29, 0.717) is 24.5 Å². The van der Waals surface area contributed by atoms with Gasteiger partial charge in [-0.05, 0) is 62.9 Å². The molecular formula is C21H25N3O2. The molecule has 5 heteroatoms. The first-order valence-electron chi connectivity index (χ1n) is 8.87. The number of benzene rings is 1. The van der Waals surface area contributed by atoms with Gasteiger partial charge in [-0.1, -0.05) is 18.2 Å². The minimum absolute atomic E-state index is 0.342. The molecule has 0 aliphatic heterocycles. The Bertz CT molecular complexity index is 953. The Labute approximate surface area is 154 Å². The summed E-state index contributed by atoms with van der Waals surface area (Å²) in [6.07, 6.45) is 1.92. The van der Waals surface area contributed by atoms with Crippen molar-refractivity contribution >= 4 is 17.3 Å². The number of carbonyl (C=O) groups excluding carboxylic acids is 1. The van der Waals surface area contributed by atoms with E-state index < -0.39 is 0 Å². The molecule has 0 aliphatic carbocycles. The van der Waals surface area contributed by atoms with Gasteiger partial charge in [0.2, 0.25) is 0 Å². The second-order valence-corrected chi connectivity index (χ2v) is 6.61. The van der Waals surface area contributed by atoms with Crippen LogP contribution in [0.5, 0.6) is 0 Å². The van der Waals surface area contributed by atoms with E-state index in [1.54, 1.807) is 6.92 Å². The molecule has 2 aromatic heterocycles. The highest BCUT2D eigenvalue weighted by Crippen LogP contribution is 2.24. The third kappa shape index (κ3) is 3.29. The van der Waals surface area contributed by atoms with Crippen molar-refractivity contribution in [3.05, 3.63) is 64.1 Å². The number of carbonyl (C=O) groups is 1. The molecular weight excluding hydrogens is 326 g/mol. The maximum Gasteiger partial charge on any atom is 0.357 e. The van der Waals surface area contributed by atoms with E-state index in [4.69, 9.17) is 4.74 Å². The Morgan fingerprint density at radius 3 is 2.54 bits per heavy atom. The largest absolute Gasteiger partial charge is 0.461 e. The van der Waals surface area contributed by atoms with Gasteiger partial charge < -0.3 is 10.1 Å². The lowest BCUT2D eigenvalue weighted by Gasteiger charge is -2.13. The molecule has 26 heavy (non-hydrogen) atoms. The standard InChI is InChI=1S/C21H25N3O2/c1-6-26-21(25)19-16(5)23-20-18(10-13(2)12-24(19)20)22-11-17-14(3)8-7-9-15(17)4/h7-10,12,22H,6,11H2,1-5H3. The molecule has 136 valence electrons. The van der Waals surface area contributed by atoms with Crippen LogP contribution in [0.15, 0.2) is 30.5 Å². The van der Waals surface area contributed by atoms with Crippen molar-refractivity contribution in [2.45, 2.75) is 41.2 Å². The number of hydrogen-bond donors (Lipinski definition) is 1. The summed E-state index contributed by atoms with van der Waals surface area (Å²) in [6.45, 7) is 10.9. The fourth-order valence-electron chi connectivity index (χ4n) is 3.28. The summed E-state index contributed by atoms with van der Waals surface area (Å²) < 4.78 is 7.02. The Kier molecular flexibility index (Phi) is 4.98. The van der Waals surface area contributed by atoms with Crippen LogP contribution in [0, 0.1) is 27.7 Å². The second-order valence-electron chi connectivity index (χ2n) is 6.61. The second kappa shape index (κ2) is 7.20. The van der Waals surface area contributed by atoms with Gasteiger partial charge in [0.15, 0.2) is 11.3 Å². The molecule has 3 aromatic rings. The zero-order chi connectivity index (χ0) is 18.8. The Morgan fingerprint density at radius 1 is 1.19 bits per heavy atom. The summed E-state index contributed by atoms with van der Waals surface area (Å²) in [5.41, 5.74) is 7.64. The van der Waals surface area contributed by atoms with E-state index in [1.165, 1.54) is 16.7 Å². The van der Waals surface area contributed by atoms with Gasteiger partial charge >= 0.3 is 5.97 Å². The third-order valence-corrected chi connectivity index (χ3v) is 4.60. The number of anilines is 1. The first-order chi connectivity index (χ1) is 12.4. The van der Waals surface area contributed by atoms with Crippen molar-refractivity contribution in [3.8, 4) is 0 Å². The van der Waals surface area contributed by atoms with Crippen LogP contribution in [0.4, 0.5) is 5.69 Å². The molecule has 5 nitrogen and oxygen atoms in total. The summed E-state index contributed by atoms with van der Waals surface area (Å²) in [5.74, 6) is -0.344. The summed E-state index contributed by atoms with van der Waals surface area (Å²) in [6, 6.07) is 8.37. The molecule has 2 heterocycles. The maximum atomic E-state index is 12.3. The molecule has 0 radical (unpaired) electrons. The lowest BCUT2D eigenvalue weighted by atomic mass is 10.0. The van der Waals surface area contributed by atoms with Gasteiger partial charge in [0.05, 0.1) is 18.0 Å². The topological polar surface area (TPSA) is 55.6 Å². The maximum absolute atomic E-state index is 12.3. The van der Waals surface area contributed by atoms with Crippen molar-refractivity contribution < 1.29 is 9.53 Å². The molecule has 0 fully saturated rings. The molecule has 0 unspecified atom stereocenters. The number of ether oxygens (including phenoxy) is 1. The number of aromatic nitrogens is 2. The van der Waals surface area contributed by atoms with Crippen LogP contribution in [0.3, 0.4) is 0 Å². The molecule has 3 rings (SSSR count). The third-order valence-electron chi connectivity index (χ3n) is 4.60. The van der Waals surface area contributed by atoms with Crippen LogP contribution in [0.2, 0.25) is 0 Å². The number of hydrogen-bond acceptors (Lipinski definition) is 4. The predicted molar refractivity (Wildman–Crippen MR) is 104 cm³/mol. The summed E-state index contributed by atoms with van der Waals surface area (Å²) >= 11 is 0. The van der Waals surface area contributed by atoms with E-state index >= 15 is 0 Å². The van der Waals surface area contributed by atoms with Crippen molar-refractivity contribution in [1.82, 2.24) is 9.38 Å². The van der Waals surface area contributed by atoms with Gasteiger partial charge in [0, 0.05) is 12.7 Å². The van der Waals surface area contributed by atoms with Gasteiger partial charge in [0.25, 0.3) is 0 Å². The lowest BCUT2D eigenvalue weighted by Crippen LogP contribution is -2.10. The highest BCUT2D eigenvalue weighted by atomic mass is 16.5. The smallest absolute Gasteiger partial charge is 0.357 e.